The van der Waals surface area contributed by atoms with Gasteiger partial charge in [-0.1, -0.05) is 6.07 Å². The molecule has 1 aliphatic heterocycles. The number of benzene rings is 1. The van der Waals surface area contributed by atoms with Crippen molar-refractivity contribution < 1.29 is 9.59 Å². The Morgan fingerprint density at radius 1 is 1.46 bits per heavy atom. The molecule has 0 spiro atoms. The molecule has 0 saturated heterocycles. The van der Waals surface area contributed by atoms with Gasteiger partial charge in [-0.05, 0) is 24.6 Å². The molecule has 1 aliphatic rings. The molecule has 3 heteroatoms. The van der Waals surface area contributed by atoms with Crippen LogP contribution < -0.4 is 5.32 Å². The van der Waals surface area contributed by atoms with Crippen LogP contribution in [0.3, 0.4) is 0 Å². The van der Waals surface area contributed by atoms with Gasteiger partial charge in [-0.3, -0.25) is 9.59 Å². The van der Waals surface area contributed by atoms with Crippen molar-refractivity contribution in [3.05, 3.63) is 34.9 Å². The summed E-state index contributed by atoms with van der Waals surface area (Å²) >= 11 is 0. The zero-order valence-electron chi connectivity index (χ0n) is 7.26. The van der Waals surface area contributed by atoms with Crippen molar-refractivity contribution in [2.45, 2.75) is 13.5 Å². The molecule has 0 unspecified atom stereocenters. The second-order valence-corrected chi connectivity index (χ2v) is 3.11. The van der Waals surface area contributed by atoms with E-state index in [1.54, 1.807) is 18.2 Å². The number of carbonyl (C=O) groups is 2. The Morgan fingerprint density at radius 3 is 2.92 bits per heavy atom. The molecule has 13 heavy (non-hydrogen) atoms. The smallest absolute Gasteiger partial charge is 0.251 e. The van der Waals surface area contributed by atoms with Crippen LogP contribution in [0.5, 0.6) is 0 Å². The molecule has 1 amide bonds. The van der Waals surface area contributed by atoms with E-state index in [0.717, 1.165) is 5.56 Å². The van der Waals surface area contributed by atoms with Crippen LogP contribution in [0.2, 0.25) is 0 Å². The molecule has 3 nitrogen and oxygen atoms in total. The van der Waals surface area contributed by atoms with Gasteiger partial charge in [0.2, 0.25) is 0 Å². The normalized spacial score (nSPS) is 13.8. The Hall–Kier alpha value is -1.64. The second-order valence-electron chi connectivity index (χ2n) is 3.11. The van der Waals surface area contributed by atoms with E-state index in [-0.39, 0.29) is 11.7 Å². The van der Waals surface area contributed by atoms with Crippen LogP contribution in [0, 0.1) is 0 Å². The Kier molecular flexibility index (Phi) is 1.65. The highest BCUT2D eigenvalue weighted by molar-refractivity contribution is 6.00. The monoisotopic (exact) mass is 175 g/mol. The van der Waals surface area contributed by atoms with Crippen molar-refractivity contribution in [2.24, 2.45) is 0 Å². The number of hydrogen-bond donors (Lipinski definition) is 1. The molecule has 0 fully saturated rings. The SMILES string of the molecule is CC(=O)c1ccc2c(c1)CNC2=O. The Morgan fingerprint density at radius 2 is 2.23 bits per heavy atom. The third-order valence-electron chi connectivity index (χ3n) is 2.20. The predicted molar refractivity (Wildman–Crippen MR) is 47.6 cm³/mol. The number of nitrogens with one attached hydrogen (secondary N) is 1. The van der Waals surface area contributed by atoms with Crippen LogP contribution in [0.4, 0.5) is 0 Å². The Balaban J connectivity index is 2.51. The van der Waals surface area contributed by atoms with Crippen LogP contribution in [0.25, 0.3) is 0 Å². The molecule has 1 heterocycles. The van der Waals surface area contributed by atoms with Crippen LogP contribution in [-0.4, -0.2) is 11.7 Å². The number of ketones is 1. The first-order valence-electron chi connectivity index (χ1n) is 4.10. The molecule has 0 aliphatic carbocycles. The van der Waals surface area contributed by atoms with Crippen LogP contribution in [0.15, 0.2) is 18.2 Å². The van der Waals surface area contributed by atoms with Crippen LogP contribution >= 0.6 is 0 Å². The summed E-state index contributed by atoms with van der Waals surface area (Å²) in [5, 5.41) is 2.70. The Labute approximate surface area is 75.8 Å². The third kappa shape index (κ3) is 1.22. The summed E-state index contributed by atoms with van der Waals surface area (Å²) in [5.41, 5.74) is 2.26. The van der Waals surface area contributed by atoms with Crippen molar-refractivity contribution in [3.8, 4) is 0 Å². The average Bonchev–Trinajstić information content (AvgIpc) is 2.47. The quantitative estimate of drug-likeness (QED) is 0.650. The topological polar surface area (TPSA) is 46.2 Å². The first-order valence-corrected chi connectivity index (χ1v) is 4.10. The fourth-order valence-electron chi connectivity index (χ4n) is 1.45. The lowest BCUT2D eigenvalue weighted by molar-refractivity contribution is 0.0964. The second kappa shape index (κ2) is 2.69. The van der Waals surface area contributed by atoms with E-state index in [1.165, 1.54) is 6.92 Å². The number of hydrogen-bond acceptors (Lipinski definition) is 2. The summed E-state index contributed by atoms with van der Waals surface area (Å²) in [4.78, 5) is 22.2. The molecular weight excluding hydrogens is 166 g/mol. The van der Waals surface area contributed by atoms with Gasteiger partial charge in [0.15, 0.2) is 5.78 Å². The van der Waals surface area contributed by atoms with E-state index >= 15 is 0 Å². The van der Waals surface area contributed by atoms with Crippen molar-refractivity contribution in [1.82, 2.24) is 5.32 Å². The van der Waals surface area contributed by atoms with Gasteiger partial charge in [-0.15, -0.1) is 0 Å². The van der Waals surface area contributed by atoms with Crippen LogP contribution in [0.1, 0.15) is 33.2 Å². The van der Waals surface area contributed by atoms with E-state index in [2.05, 4.69) is 5.32 Å². The van der Waals surface area contributed by atoms with E-state index in [4.69, 9.17) is 0 Å². The maximum Gasteiger partial charge on any atom is 0.251 e. The first kappa shape index (κ1) is 7.98. The molecular formula is C10H9NO2. The highest BCUT2D eigenvalue weighted by Gasteiger charge is 2.18. The zero-order valence-corrected chi connectivity index (χ0v) is 7.26. The van der Waals surface area contributed by atoms with E-state index < -0.39 is 0 Å². The number of fused-ring (bicyclic) bond motifs is 1. The lowest BCUT2D eigenvalue weighted by Gasteiger charge is -1.98. The fourth-order valence-corrected chi connectivity index (χ4v) is 1.45. The Bertz CT molecular complexity index is 396. The standard InChI is InChI=1S/C10H9NO2/c1-6(12)7-2-3-9-8(4-7)5-11-10(9)13/h2-4H,5H2,1H3,(H,11,13). The lowest BCUT2D eigenvalue weighted by atomic mass is 10.0. The van der Waals surface area contributed by atoms with E-state index in [1.807, 2.05) is 0 Å². The molecule has 0 radical (unpaired) electrons. The average molecular weight is 175 g/mol. The van der Waals surface area contributed by atoms with Gasteiger partial charge < -0.3 is 5.32 Å². The molecule has 0 atom stereocenters. The van der Waals surface area contributed by atoms with Crippen molar-refractivity contribution in [3.63, 3.8) is 0 Å². The minimum atomic E-state index is -0.0508. The zero-order chi connectivity index (χ0) is 9.42. The van der Waals surface area contributed by atoms with Gasteiger partial charge >= 0.3 is 0 Å². The van der Waals surface area contributed by atoms with E-state index in [0.29, 0.717) is 17.7 Å². The summed E-state index contributed by atoms with van der Waals surface area (Å²) in [6, 6.07) is 5.16. The first-order chi connectivity index (χ1) is 6.18. The molecule has 1 aromatic rings. The van der Waals surface area contributed by atoms with Gasteiger partial charge in [0, 0.05) is 17.7 Å². The summed E-state index contributed by atoms with van der Waals surface area (Å²) in [7, 11) is 0. The molecule has 0 saturated carbocycles. The van der Waals surface area contributed by atoms with E-state index in [9.17, 15) is 9.59 Å². The molecule has 0 aromatic heterocycles. The summed E-state index contributed by atoms with van der Waals surface area (Å²) in [5.74, 6) is -0.0211. The van der Waals surface area contributed by atoms with Crippen molar-refractivity contribution in [1.29, 1.82) is 0 Å². The highest BCUT2D eigenvalue weighted by Crippen LogP contribution is 2.17. The third-order valence-corrected chi connectivity index (χ3v) is 2.20. The number of carbonyl (C=O) groups excluding carboxylic acids is 2. The number of rotatable bonds is 1. The number of amides is 1. The van der Waals surface area contributed by atoms with Crippen molar-refractivity contribution >= 4 is 11.7 Å². The summed E-state index contributed by atoms with van der Waals surface area (Å²) in [6.45, 7) is 2.06. The summed E-state index contributed by atoms with van der Waals surface area (Å²) < 4.78 is 0. The maximum atomic E-state index is 11.2. The predicted octanol–water partition coefficient (Wildman–Crippen LogP) is 1.13. The van der Waals surface area contributed by atoms with Gasteiger partial charge in [0.1, 0.15) is 0 Å². The summed E-state index contributed by atoms with van der Waals surface area (Å²) in [6.07, 6.45) is 0. The maximum absolute atomic E-state index is 11.2. The largest absolute Gasteiger partial charge is 0.348 e. The minimum absolute atomic E-state index is 0.0298. The molecule has 1 aromatic carbocycles. The minimum Gasteiger partial charge on any atom is -0.348 e. The number of Topliss-reactive ketones (excluding diaryl/α,β-unsaturated/α-hetero) is 1. The molecule has 1 N–H and O–H groups in total. The van der Waals surface area contributed by atoms with Gasteiger partial charge in [-0.2, -0.15) is 0 Å². The lowest BCUT2D eigenvalue weighted by Crippen LogP contribution is -2.12. The van der Waals surface area contributed by atoms with Gasteiger partial charge in [0.25, 0.3) is 5.91 Å². The molecule has 0 bridgehead atoms. The van der Waals surface area contributed by atoms with Crippen LogP contribution in [-0.2, 0) is 6.54 Å². The van der Waals surface area contributed by atoms with Crippen molar-refractivity contribution in [2.75, 3.05) is 0 Å². The molecule has 2 rings (SSSR count). The molecule has 66 valence electrons. The van der Waals surface area contributed by atoms with Gasteiger partial charge in [0.05, 0.1) is 0 Å². The van der Waals surface area contributed by atoms with Gasteiger partial charge in [-0.25, -0.2) is 0 Å². The fraction of sp³-hybridized carbons (Fsp3) is 0.200. The highest BCUT2D eigenvalue weighted by atomic mass is 16.2.